The highest BCUT2D eigenvalue weighted by molar-refractivity contribution is 5.97. The molecular weight excluding hydrogens is 325 g/mol. The van der Waals surface area contributed by atoms with E-state index >= 15 is 0 Å². The smallest absolute Gasteiger partial charge is 0.249 e. The minimum atomic E-state index is -0.308. The summed E-state index contributed by atoms with van der Waals surface area (Å²) in [6.45, 7) is 5.23. The fourth-order valence-corrected chi connectivity index (χ4v) is 2.89. The number of hydrogen-bond donors (Lipinski definition) is 1. The van der Waals surface area contributed by atoms with E-state index in [9.17, 15) is 9.18 Å². The molecule has 1 N–H and O–H groups in total. The molecule has 1 amide bonds. The van der Waals surface area contributed by atoms with Crippen LogP contribution >= 0.6 is 0 Å². The molecule has 7 heteroatoms. The van der Waals surface area contributed by atoms with Gasteiger partial charge < -0.3 is 14.2 Å². The minimum absolute atomic E-state index is 0.164. The number of carbonyl (C=O) groups excluding carboxylic acids is 1. The number of halogens is 1. The summed E-state index contributed by atoms with van der Waals surface area (Å²) in [4.78, 5) is 14.4. The van der Waals surface area contributed by atoms with E-state index in [4.69, 9.17) is 9.26 Å². The van der Waals surface area contributed by atoms with Crippen molar-refractivity contribution in [2.45, 2.75) is 31.7 Å². The van der Waals surface area contributed by atoms with Crippen LogP contribution in [0.5, 0.6) is 0 Å². The van der Waals surface area contributed by atoms with E-state index in [2.05, 4.69) is 10.5 Å². The van der Waals surface area contributed by atoms with E-state index < -0.39 is 0 Å². The van der Waals surface area contributed by atoms with E-state index in [-0.39, 0.29) is 23.2 Å². The number of carbonyl (C=O) groups is 1. The van der Waals surface area contributed by atoms with Crippen molar-refractivity contribution in [1.29, 1.82) is 0 Å². The predicted octanol–water partition coefficient (Wildman–Crippen LogP) is 2.96. The second-order valence-electron chi connectivity index (χ2n) is 6.86. The summed E-state index contributed by atoms with van der Waals surface area (Å²) >= 11 is 0. The number of rotatable bonds is 6. The van der Waals surface area contributed by atoms with Gasteiger partial charge in [-0.25, -0.2) is 4.39 Å². The van der Waals surface area contributed by atoms with Gasteiger partial charge in [0.1, 0.15) is 11.9 Å². The van der Waals surface area contributed by atoms with Crippen molar-refractivity contribution < 1.29 is 18.4 Å². The van der Waals surface area contributed by atoms with Gasteiger partial charge in [0, 0.05) is 30.8 Å². The Kier molecular flexibility index (Phi) is 4.76. The molecule has 0 saturated carbocycles. The quantitative estimate of drug-likeness (QED) is 0.870. The molecule has 134 valence electrons. The maximum absolute atomic E-state index is 13.0. The Morgan fingerprint density at radius 3 is 2.76 bits per heavy atom. The zero-order chi connectivity index (χ0) is 18.0. The number of aromatic nitrogens is 1. The monoisotopic (exact) mass is 347 g/mol. The van der Waals surface area contributed by atoms with Crippen molar-refractivity contribution in [2.75, 3.05) is 30.5 Å². The van der Waals surface area contributed by atoms with Gasteiger partial charge in [0.15, 0.2) is 0 Å². The Morgan fingerprint density at radius 2 is 2.16 bits per heavy atom. The normalized spacial score (nSPS) is 17.3. The molecule has 1 fully saturated rings. The number of ether oxygens (including phenoxy) is 1. The molecule has 1 atom stereocenters. The molecule has 25 heavy (non-hydrogen) atoms. The van der Waals surface area contributed by atoms with Crippen molar-refractivity contribution in [3.05, 3.63) is 41.8 Å². The van der Waals surface area contributed by atoms with Crippen LogP contribution < -0.4 is 10.2 Å². The Hall–Kier alpha value is -2.41. The number of benzene rings is 1. The Morgan fingerprint density at radius 1 is 1.44 bits per heavy atom. The molecule has 1 aliphatic rings. The molecule has 1 aromatic carbocycles. The van der Waals surface area contributed by atoms with Gasteiger partial charge in [-0.2, -0.15) is 0 Å². The second kappa shape index (κ2) is 6.84. The second-order valence-corrected chi connectivity index (χ2v) is 6.86. The lowest BCUT2D eigenvalue weighted by Gasteiger charge is -2.41. The first-order valence-corrected chi connectivity index (χ1v) is 8.20. The largest absolute Gasteiger partial charge is 0.384 e. The molecule has 0 radical (unpaired) electrons. The topological polar surface area (TPSA) is 67.6 Å². The Bertz CT molecular complexity index is 742. The van der Waals surface area contributed by atoms with E-state index in [0.717, 1.165) is 18.7 Å². The summed E-state index contributed by atoms with van der Waals surface area (Å²) in [5, 5.41) is 6.79. The van der Waals surface area contributed by atoms with Gasteiger partial charge in [0.05, 0.1) is 12.3 Å². The average Bonchev–Trinajstić information content (AvgIpc) is 2.97. The van der Waals surface area contributed by atoms with E-state index in [1.54, 1.807) is 25.3 Å². The van der Waals surface area contributed by atoms with Gasteiger partial charge in [0.2, 0.25) is 11.8 Å². The summed E-state index contributed by atoms with van der Waals surface area (Å²) in [5.74, 6) is -0.143. The van der Waals surface area contributed by atoms with Crippen LogP contribution in [0, 0.1) is 5.82 Å². The van der Waals surface area contributed by atoms with Crippen LogP contribution in [0.3, 0.4) is 0 Å². The molecule has 0 unspecified atom stereocenters. The van der Waals surface area contributed by atoms with Crippen molar-refractivity contribution in [1.82, 2.24) is 5.16 Å². The highest BCUT2D eigenvalue weighted by atomic mass is 19.1. The molecule has 1 saturated heterocycles. The summed E-state index contributed by atoms with van der Waals surface area (Å²) in [5.41, 5.74) is 1.23. The molecule has 6 nitrogen and oxygen atoms in total. The standard InChI is InChI=1S/C18H22FN3O3/c1-18(2,11-24-3)15-10-16(25-21-15)20-17(23)14-8-9-22(14)13-6-4-12(19)5-7-13/h4-7,10,14H,8-9,11H2,1-3H3,(H,20,23)/t14-/m0/s1. The fraction of sp³-hybridized carbons (Fsp3) is 0.444. The summed E-state index contributed by atoms with van der Waals surface area (Å²) in [7, 11) is 1.63. The van der Waals surface area contributed by atoms with Crippen LogP contribution in [-0.4, -0.2) is 37.4 Å². The molecule has 1 aromatic heterocycles. The van der Waals surface area contributed by atoms with Crippen LogP contribution in [0.4, 0.5) is 16.0 Å². The lowest BCUT2D eigenvalue weighted by Crippen LogP contribution is -2.54. The van der Waals surface area contributed by atoms with Crippen LogP contribution in [0.25, 0.3) is 0 Å². The predicted molar refractivity (Wildman–Crippen MR) is 92.2 cm³/mol. The van der Waals surface area contributed by atoms with Crippen LogP contribution in [0.15, 0.2) is 34.9 Å². The highest BCUT2D eigenvalue weighted by Crippen LogP contribution is 2.29. The number of methoxy groups -OCH3 is 1. The molecule has 0 spiro atoms. The fourth-order valence-electron chi connectivity index (χ4n) is 2.89. The van der Waals surface area contributed by atoms with Gasteiger partial charge in [-0.3, -0.25) is 10.1 Å². The summed E-state index contributed by atoms with van der Waals surface area (Å²) in [6.07, 6.45) is 0.735. The van der Waals surface area contributed by atoms with Crippen LogP contribution in [-0.2, 0) is 14.9 Å². The molecule has 3 rings (SSSR count). The molecule has 2 aromatic rings. The van der Waals surface area contributed by atoms with Gasteiger partial charge in [0.25, 0.3) is 0 Å². The summed E-state index contributed by atoms with van der Waals surface area (Å²) < 4.78 is 23.5. The molecule has 1 aliphatic heterocycles. The van der Waals surface area contributed by atoms with Crippen LogP contribution in [0.2, 0.25) is 0 Å². The van der Waals surface area contributed by atoms with Crippen molar-refractivity contribution in [3.63, 3.8) is 0 Å². The highest BCUT2D eigenvalue weighted by Gasteiger charge is 2.35. The number of hydrogen-bond acceptors (Lipinski definition) is 5. The van der Waals surface area contributed by atoms with Gasteiger partial charge in [-0.1, -0.05) is 19.0 Å². The van der Waals surface area contributed by atoms with Crippen molar-refractivity contribution in [2.24, 2.45) is 0 Å². The maximum atomic E-state index is 13.0. The molecule has 0 bridgehead atoms. The number of amides is 1. The average molecular weight is 347 g/mol. The SMILES string of the molecule is COCC(C)(C)c1cc(NC(=O)[C@@H]2CCN2c2ccc(F)cc2)on1. The lowest BCUT2D eigenvalue weighted by atomic mass is 9.90. The number of anilines is 2. The first-order valence-electron chi connectivity index (χ1n) is 8.20. The molecule has 0 aliphatic carbocycles. The first kappa shape index (κ1) is 17.4. The van der Waals surface area contributed by atoms with Gasteiger partial charge >= 0.3 is 0 Å². The third kappa shape index (κ3) is 3.66. The van der Waals surface area contributed by atoms with Gasteiger partial charge in [-0.15, -0.1) is 0 Å². The Balaban J connectivity index is 1.65. The van der Waals surface area contributed by atoms with Crippen molar-refractivity contribution >= 4 is 17.5 Å². The maximum Gasteiger partial charge on any atom is 0.249 e. The first-order chi connectivity index (χ1) is 11.9. The third-order valence-corrected chi connectivity index (χ3v) is 4.44. The van der Waals surface area contributed by atoms with Gasteiger partial charge in [-0.05, 0) is 30.7 Å². The Labute approximate surface area is 145 Å². The lowest BCUT2D eigenvalue weighted by molar-refractivity contribution is -0.118. The van der Waals surface area contributed by atoms with Crippen molar-refractivity contribution in [3.8, 4) is 0 Å². The van der Waals surface area contributed by atoms with E-state index in [1.807, 2.05) is 18.7 Å². The minimum Gasteiger partial charge on any atom is -0.384 e. The number of nitrogens with zero attached hydrogens (tertiary/aromatic N) is 2. The zero-order valence-electron chi connectivity index (χ0n) is 14.6. The molecule has 2 heterocycles. The van der Waals surface area contributed by atoms with Crippen LogP contribution in [0.1, 0.15) is 26.0 Å². The number of nitrogens with one attached hydrogen (secondary N) is 1. The van der Waals surface area contributed by atoms with E-state index in [1.165, 1.54) is 12.1 Å². The zero-order valence-corrected chi connectivity index (χ0v) is 14.6. The van der Waals surface area contributed by atoms with E-state index in [0.29, 0.717) is 18.2 Å². The summed E-state index contributed by atoms with van der Waals surface area (Å²) in [6, 6.07) is 7.55. The molecular formula is C18H22FN3O3. The third-order valence-electron chi connectivity index (χ3n) is 4.44.